The Labute approximate surface area is 89.4 Å². The molecule has 2 heteroatoms. The van der Waals surface area contributed by atoms with Gasteiger partial charge in [-0.2, -0.15) is 0 Å². The van der Waals surface area contributed by atoms with Gasteiger partial charge in [-0.15, -0.1) is 6.58 Å². The lowest BCUT2D eigenvalue weighted by Gasteiger charge is -2.35. The van der Waals surface area contributed by atoms with Crippen LogP contribution in [-0.2, 0) is 0 Å². The average molecular weight is 212 g/mol. The van der Waals surface area contributed by atoms with E-state index in [0.717, 1.165) is 18.5 Å². The van der Waals surface area contributed by atoms with E-state index in [1.165, 1.54) is 32.1 Å². The van der Waals surface area contributed by atoms with Crippen LogP contribution in [0.2, 0.25) is 17.6 Å². The maximum Gasteiger partial charge on any atom is 0.195 e. The normalized spacial score (nSPS) is 23.0. The highest BCUT2D eigenvalue weighted by atomic mass is 28.4. The molecule has 0 radical (unpaired) electrons. The minimum atomic E-state index is -1.97. The second-order valence-corrected chi connectivity index (χ2v) is 8.61. The molecule has 0 aliphatic heterocycles. The molecule has 0 amide bonds. The Morgan fingerprint density at radius 1 is 1.36 bits per heavy atom. The maximum atomic E-state index is 10.7. The highest BCUT2D eigenvalue weighted by Crippen LogP contribution is 2.40. The fourth-order valence-electron chi connectivity index (χ4n) is 2.80. The lowest BCUT2D eigenvalue weighted by Crippen LogP contribution is -2.40. The average Bonchev–Trinajstić information content (AvgIpc) is 2.20. The van der Waals surface area contributed by atoms with Crippen LogP contribution in [0, 0.1) is 0 Å². The number of allylic oxidation sites excluding steroid dienone is 1. The molecule has 82 valence electrons. The first-order chi connectivity index (χ1) is 6.73. The van der Waals surface area contributed by atoms with Crippen molar-refractivity contribution in [2.45, 2.75) is 63.1 Å². The SMILES string of the molecule is C=CC[Si](O)(CCC)C1CCCCC1. The highest BCUT2D eigenvalue weighted by molar-refractivity contribution is 6.74. The van der Waals surface area contributed by atoms with Crippen molar-refractivity contribution < 1.29 is 4.80 Å². The molecule has 1 rings (SSSR count). The molecule has 1 nitrogen and oxygen atoms in total. The van der Waals surface area contributed by atoms with E-state index < -0.39 is 8.32 Å². The molecule has 0 aromatic heterocycles. The van der Waals surface area contributed by atoms with Gasteiger partial charge in [0.15, 0.2) is 8.32 Å². The highest BCUT2D eigenvalue weighted by Gasteiger charge is 2.38. The molecule has 0 aromatic carbocycles. The van der Waals surface area contributed by atoms with Gasteiger partial charge in [0.1, 0.15) is 0 Å². The van der Waals surface area contributed by atoms with Crippen LogP contribution < -0.4 is 0 Å². The van der Waals surface area contributed by atoms with Gasteiger partial charge in [0.25, 0.3) is 0 Å². The second kappa shape index (κ2) is 5.71. The third kappa shape index (κ3) is 2.96. The molecule has 0 bridgehead atoms. The Morgan fingerprint density at radius 2 is 2.00 bits per heavy atom. The van der Waals surface area contributed by atoms with Crippen molar-refractivity contribution in [2.24, 2.45) is 0 Å². The third-order valence-electron chi connectivity index (χ3n) is 3.55. The first-order valence-corrected chi connectivity index (χ1v) is 8.50. The summed E-state index contributed by atoms with van der Waals surface area (Å²) in [5, 5.41) is 0. The molecule has 14 heavy (non-hydrogen) atoms. The van der Waals surface area contributed by atoms with Gasteiger partial charge in [-0.1, -0.05) is 51.5 Å². The monoisotopic (exact) mass is 212 g/mol. The van der Waals surface area contributed by atoms with E-state index in [1.54, 1.807) is 0 Å². The molecule has 1 aliphatic rings. The van der Waals surface area contributed by atoms with E-state index in [2.05, 4.69) is 13.5 Å². The Hall–Kier alpha value is -0.0831. The molecule has 0 heterocycles. The van der Waals surface area contributed by atoms with Gasteiger partial charge in [0.2, 0.25) is 0 Å². The van der Waals surface area contributed by atoms with Crippen LogP contribution in [0.4, 0.5) is 0 Å². The summed E-state index contributed by atoms with van der Waals surface area (Å²) in [6.07, 6.45) is 9.67. The zero-order valence-corrected chi connectivity index (χ0v) is 10.5. The number of hydrogen-bond acceptors (Lipinski definition) is 1. The van der Waals surface area contributed by atoms with Crippen LogP contribution in [0.1, 0.15) is 45.4 Å². The molecule has 1 unspecified atom stereocenters. The summed E-state index contributed by atoms with van der Waals surface area (Å²) in [5.41, 5.74) is 0.661. The van der Waals surface area contributed by atoms with Crippen molar-refractivity contribution >= 4 is 8.32 Å². The number of hydrogen-bond donors (Lipinski definition) is 1. The minimum Gasteiger partial charge on any atom is -0.431 e. The quantitative estimate of drug-likeness (QED) is 0.542. The Kier molecular flexibility index (Phi) is 4.89. The molecule has 1 aliphatic carbocycles. The van der Waals surface area contributed by atoms with Crippen molar-refractivity contribution in [3.8, 4) is 0 Å². The van der Waals surface area contributed by atoms with E-state index in [0.29, 0.717) is 5.54 Å². The van der Waals surface area contributed by atoms with Crippen LogP contribution in [0.5, 0.6) is 0 Å². The topological polar surface area (TPSA) is 20.2 Å². The van der Waals surface area contributed by atoms with E-state index in [-0.39, 0.29) is 0 Å². The second-order valence-electron chi connectivity index (χ2n) is 4.68. The van der Waals surface area contributed by atoms with Gasteiger partial charge in [-0.05, 0) is 17.6 Å². The summed E-state index contributed by atoms with van der Waals surface area (Å²) in [4.78, 5) is 10.7. The summed E-state index contributed by atoms with van der Waals surface area (Å²) in [7, 11) is -1.97. The third-order valence-corrected chi connectivity index (χ3v) is 8.00. The van der Waals surface area contributed by atoms with Crippen molar-refractivity contribution in [1.29, 1.82) is 0 Å². The summed E-state index contributed by atoms with van der Waals surface area (Å²) >= 11 is 0. The predicted molar refractivity (Wildman–Crippen MR) is 64.9 cm³/mol. The van der Waals surface area contributed by atoms with Gasteiger partial charge in [0, 0.05) is 0 Å². The van der Waals surface area contributed by atoms with E-state index in [4.69, 9.17) is 0 Å². The molecule has 0 aromatic rings. The first kappa shape index (κ1) is 12.0. The Balaban J connectivity index is 2.58. The minimum absolute atomic E-state index is 0.661. The molecule has 0 spiro atoms. The molecule has 1 atom stereocenters. The smallest absolute Gasteiger partial charge is 0.195 e. The summed E-state index contributed by atoms with van der Waals surface area (Å²) in [5.74, 6) is 0. The molecular weight excluding hydrogens is 188 g/mol. The number of rotatable bonds is 5. The lowest BCUT2D eigenvalue weighted by atomic mass is 10.0. The summed E-state index contributed by atoms with van der Waals surface area (Å²) in [6.45, 7) is 5.98. The fraction of sp³-hybridized carbons (Fsp3) is 0.833. The predicted octanol–water partition coefficient (Wildman–Crippen LogP) is 3.85. The van der Waals surface area contributed by atoms with E-state index in [1.807, 2.05) is 6.08 Å². The van der Waals surface area contributed by atoms with Gasteiger partial charge in [-0.3, -0.25) is 0 Å². The van der Waals surface area contributed by atoms with Gasteiger partial charge in [-0.25, -0.2) is 0 Å². The molecule has 1 N–H and O–H groups in total. The van der Waals surface area contributed by atoms with Gasteiger partial charge in [0.05, 0.1) is 0 Å². The lowest BCUT2D eigenvalue weighted by molar-refractivity contribution is 0.424. The van der Waals surface area contributed by atoms with Crippen LogP contribution in [0.15, 0.2) is 12.7 Å². The Morgan fingerprint density at radius 3 is 2.50 bits per heavy atom. The van der Waals surface area contributed by atoms with Crippen LogP contribution in [0.3, 0.4) is 0 Å². The molecule has 1 fully saturated rings. The van der Waals surface area contributed by atoms with Crippen molar-refractivity contribution in [2.75, 3.05) is 0 Å². The van der Waals surface area contributed by atoms with Crippen LogP contribution in [-0.4, -0.2) is 13.1 Å². The van der Waals surface area contributed by atoms with Crippen molar-refractivity contribution in [3.63, 3.8) is 0 Å². The fourth-order valence-corrected chi connectivity index (χ4v) is 6.59. The van der Waals surface area contributed by atoms with Crippen LogP contribution in [0.25, 0.3) is 0 Å². The van der Waals surface area contributed by atoms with Crippen molar-refractivity contribution in [1.82, 2.24) is 0 Å². The molecule has 1 saturated carbocycles. The van der Waals surface area contributed by atoms with E-state index in [9.17, 15) is 4.80 Å². The molecule has 0 saturated heterocycles. The maximum absolute atomic E-state index is 10.7. The summed E-state index contributed by atoms with van der Waals surface area (Å²) < 4.78 is 0. The largest absolute Gasteiger partial charge is 0.431 e. The summed E-state index contributed by atoms with van der Waals surface area (Å²) in [6, 6.07) is 1.98. The zero-order chi connectivity index (χ0) is 10.4. The zero-order valence-electron chi connectivity index (χ0n) is 9.47. The van der Waals surface area contributed by atoms with Gasteiger partial charge >= 0.3 is 0 Å². The van der Waals surface area contributed by atoms with E-state index >= 15 is 0 Å². The Bertz CT molecular complexity index is 175. The standard InChI is InChI=1S/C12H24OSi/c1-3-10-14(13,11-4-2)12-8-6-5-7-9-12/h3,12-13H,1,4-11H2,2H3. The first-order valence-electron chi connectivity index (χ1n) is 6.06. The van der Waals surface area contributed by atoms with Gasteiger partial charge < -0.3 is 4.80 Å². The molecular formula is C12H24OSi. The van der Waals surface area contributed by atoms with Crippen molar-refractivity contribution in [3.05, 3.63) is 12.7 Å². The van der Waals surface area contributed by atoms with Crippen LogP contribution >= 0.6 is 0 Å².